The van der Waals surface area contributed by atoms with Gasteiger partial charge in [-0.1, -0.05) is 0 Å². The number of pyridine rings is 1. The average Bonchev–Trinajstić information content (AvgIpc) is 2.63. The van der Waals surface area contributed by atoms with Gasteiger partial charge in [-0.05, 0) is 31.5 Å². The number of fused-ring (bicyclic) bond motifs is 1. The van der Waals surface area contributed by atoms with E-state index in [1.165, 1.54) is 0 Å². The molecule has 0 saturated heterocycles. The predicted molar refractivity (Wildman–Crippen MR) is 70.2 cm³/mol. The largest absolute Gasteiger partial charge is 0.389 e. The predicted octanol–water partition coefficient (Wildman–Crippen LogP) is 2.71. The highest BCUT2D eigenvalue weighted by atomic mass is 19.4. The van der Waals surface area contributed by atoms with Crippen molar-refractivity contribution in [3.05, 3.63) is 23.5 Å². The van der Waals surface area contributed by atoms with Gasteiger partial charge in [-0.25, -0.2) is 4.98 Å². The van der Waals surface area contributed by atoms with Crippen LogP contribution >= 0.6 is 0 Å². The summed E-state index contributed by atoms with van der Waals surface area (Å²) >= 11 is 0. The SMILES string of the molecule is Cc1nn(C)c2ncc(CNCCCC(F)(F)F)cc12. The molecule has 0 spiro atoms. The van der Waals surface area contributed by atoms with Crippen molar-refractivity contribution in [2.45, 2.75) is 32.5 Å². The minimum absolute atomic E-state index is 0.0884. The van der Waals surface area contributed by atoms with Crippen molar-refractivity contribution in [2.24, 2.45) is 7.05 Å². The Morgan fingerprint density at radius 2 is 2.10 bits per heavy atom. The second-order valence-electron chi connectivity index (χ2n) is 4.82. The molecule has 0 amide bonds. The highest BCUT2D eigenvalue weighted by Crippen LogP contribution is 2.20. The van der Waals surface area contributed by atoms with Crippen molar-refractivity contribution in [3.63, 3.8) is 0 Å². The van der Waals surface area contributed by atoms with Crippen molar-refractivity contribution in [2.75, 3.05) is 6.54 Å². The maximum Gasteiger partial charge on any atom is 0.389 e. The molecule has 110 valence electrons. The lowest BCUT2D eigenvalue weighted by Crippen LogP contribution is -2.17. The van der Waals surface area contributed by atoms with E-state index in [-0.39, 0.29) is 6.42 Å². The number of aromatic nitrogens is 3. The van der Waals surface area contributed by atoms with E-state index in [0.717, 1.165) is 22.3 Å². The van der Waals surface area contributed by atoms with Crippen molar-refractivity contribution < 1.29 is 13.2 Å². The van der Waals surface area contributed by atoms with Crippen molar-refractivity contribution in [1.29, 1.82) is 0 Å². The van der Waals surface area contributed by atoms with Crippen LogP contribution in [0, 0.1) is 6.92 Å². The maximum absolute atomic E-state index is 12.0. The molecule has 2 aromatic heterocycles. The van der Waals surface area contributed by atoms with Gasteiger partial charge in [0.05, 0.1) is 5.69 Å². The molecule has 2 heterocycles. The van der Waals surface area contributed by atoms with Gasteiger partial charge in [0.15, 0.2) is 5.65 Å². The minimum Gasteiger partial charge on any atom is -0.313 e. The molecule has 0 radical (unpaired) electrons. The van der Waals surface area contributed by atoms with Gasteiger partial charge in [0, 0.05) is 31.6 Å². The Labute approximate surface area is 115 Å². The van der Waals surface area contributed by atoms with Crippen molar-refractivity contribution >= 4 is 11.0 Å². The lowest BCUT2D eigenvalue weighted by Gasteiger charge is -2.07. The molecule has 2 rings (SSSR count). The normalized spacial score (nSPS) is 12.2. The molecular formula is C13H17F3N4. The Morgan fingerprint density at radius 3 is 2.80 bits per heavy atom. The number of nitrogens with one attached hydrogen (secondary N) is 1. The molecule has 0 saturated carbocycles. The second-order valence-corrected chi connectivity index (χ2v) is 4.82. The number of rotatable bonds is 5. The van der Waals surface area contributed by atoms with Crippen molar-refractivity contribution in [1.82, 2.24) is 20.1 Å². The van der Waals surface area contributed by atoms with Crippen LogP contribution in [0.2, 0.25) is 0 Å². The molecule has 0 fully saturated rings. The fourth-order valence-corrected chi connectivity index (χ4v) is 2.09. The van der Waals surface area contributed by atoms with E-state index in [1.807, 2.05) is 20.0 Å². The third kappa shape index (κ3) is 3.69. The molecule has 0 aliphatic rings. The quantitative estimate of drug-likeness (QED) is 0.859. The van der Waals surface area contributed by atoms with E-state index in [0.29, 0.717) is 13.1 Å². The Hall–Kier alpha value is -1.63. The van der Waals surface area contributed by atoms with Crippen LogP contribution in [-0.4, -0.2) is 27.5 Å². The zero-order valence-electron chi connectivity index (χ0n) is 11.5. The van der Waals surface area contributed by atoms with E-state index < -0.39 is 12.6 Å². The van der Waals surface area contributed by atoms with Crippen LogP contribution in [0.3, 0.4) is 0 Å². The van der Waals surface area contributed by atoms with E-state index in [1.54, 1.807) is 10.9 Å². The van der Waals surface area contributed by atoms with Gasteiger partial charge in [-0.2, -0.15) is 18.3 Å². The van der Waals surface area contributed by atoms with Gasteiger partial charge in [0.2, 0.25) is 0 Å². The number of nitrogens with zero attached hydrogens (tertiary/aromatic N) is 3. The minimum atomic E-state index is -4.07. The van der Waals surface area contributed by atoms with E-state index in [4.69, 9.17) is 0 Å². The summed E-state index contributed by atoms with van der Waals surface area (Å²) in [5, 5.41) is 8.25. The van der Waals surface area contributed by atoms with E-state index in [9.17, 15) is 13.2 Å². The van der Waals surface area contributed by atoms with E-state index >= 15 is 0 Å². The highest BCUT2D eigenvalue weighted by Gasteiger charge is 2.25. The molecule has 0 atom stereocenters. The summed E-state index contributed by atoms with van der Waals surface area (Å²) < 4.78 is 37.7. The maximum atomic E-state index is 12.0. The van der Waals surface area contributed by atoms with Crippen LogP contribution in [0.1, 0.15) is 24.1 Å². The van der Waals surface area contributed by atoms with Crippen LogP contribution in [0.5, 0.6) is 0 Å². The fraction of sp³-hybridized carbons (Fsp3) is 0.538. The van der Waals surface area contributed by atoms with Gasteiger partial charge >= 0.3 is 6.18 Å². The standard InChI is InChI=1S/C13H17F3N4/c1-9-11-6-10(8-18-12(11)20(2)19-9)7-17-5-3-4-13(14,15)16/h6,8,17H,3-5,7H2,1-2H3. The summed E-state index contributed by atoms with van der Waals surface area (Å²) in [6.45, 7) is 2.75. The zero-order valence-corrected chi connectivity index (χ0v) is 11.5. The average molecular weight is 286 g/mol. The first-order valence-corrected chi connectivity index (χ1v) is 6.42. The molecule has 0 aromatic carbocycles. The molecular weight excluding hydrogens is 269 g/mol. The summed E-state index contributed by atoms with van der Waals surface area (Å²) in [6, 6.07) is 1.97. The first-order chi connectivity index (χ1) is 9.37. The zero-order chi connectivity index (χ0) is 14.8. The molecule has 0 aliphatic heterocycles. The Morgan fingerprint density at radius 1 is 1.35 bits per heavy atom. The van der Waals surface area contributed by atoms with Crippen molar-refractivity contribution in [3.8, 4) is 0 Å². The fourth-order valence-electron chi connectivity index (χ4n) is 2.09. The molecule has 1 N–H and O–H groups in total. The van der Waals surface area contributed by atoms with Gasteiger partial charge in [-0.15, -0.1) is 0 Å². The van der Waals surface area contributed by atoms with Gasteiger partial charge < -0.3 is 5.32 Å². The number of halogens is 3. The number of aryl methyl sites for hydroxylation is 2. The Kier molecular flexibility index (Phi) is 4.27. The molecule has 2 aromatic rings. The van der Waals surface area contributed by atoms with Gasteiger partial charge in [0.1, 0.15) is 0 Å². The Bertz CT molecular complexity index is 589. The third-order valence-corrected chi connectivity index (χ3v) is 3.06. The number of hydrogen-bond donors (Lipinski definition) is 1. The van der Waals surface area contributed by atoms with Crippen LogP contribution in [-0.2, 0) is 13.6 Å². The topological polar surface area (TPSA) is 42.7 Å². The summed E-state index contributed by atoms with van der Waals surface area (Å²) in [5.74, 6) is 0. The van der Waals surface area contributed by atoms with Crippen LogP contribution in [0.15, 0.2) is 12.3 Å². The molecule has 0 bridgehead atoms. The number of hydrogen-bond acceptors (Lipinski definition) is 3. The molecule has 20 heavy (non-hydrogen) atoms. The van der Waals surface area contributed by atoms with Crippen LogP contribution < -0.4 is 5.32 Å². The molecule has 0 aliphatic carbocycles. The third-order valence-electron chi connectivity index (χ3n) is 3.06. The van der Waals surface area contributed by atoms with Gasteiger partial charge in [-0.3, -0.25) is 4.68 Å². The first-order valence-electron chi connectivity index (χ1n) is 6.42. The molecule has 0 unspecified atom stereocenters. The lowest BCUT2D eigenvalue weighted by atomic mass is 10.2. The summed E-state index contributed by atoms with van der Waals surface area (Å²) in [7, 11) is 1.83. The summed E-state index contributed by atoms with van der Waals surface area (Å²) in [6.07, 6.45) is -3.01. The van der Waals surface area contributed by atoms with Crippen LogP contribution in [0.25, 0.3) is 11.0 Å². The second kappa shape index (κ2) is 5.78. The number of alkyl halides is 3. The monoisotopic (exact) mass is 286 g/mol. The lowest BCUT2D eigenvalue weighted by molar-refractivity contribution is -0.135. The smallest absolute Gasteiger partial charge is 0.313 e. The highest BCUT2D eigenvalue weighted by molar-refractivity contribution is 5.78. The van der Waals surface area contributed by atoms with E-state index in [2.05, 4.69) is 15.4 Å². The van der Waals surface area contributed by atoms with Gasteiger partial charge in [0.25, 0.3) is 0 Å². The summed E-state index contributed by atoms with van der Waals surface area (Å²) in [5.41, 5.74) is 2.65. The molecule has 4 nitrogen and oxygen atoms in total. The molecule has 7 heteroatoms. The first kappa shape index (κ1) is 14.8. The Balaban J connectivity index is 1.89. The van der Waals surface area contributed by atoms with Crippen LogP contribution in [0.4, 0.5) is 13.2 Å². The summed E-state index contributed by atoms with van der Waals surface area (Å²) in [4.78, 5) is 4.32.